The number of hydrogen-bond donors (Lipinski definition) is 3. The zero-order valence-electron chi connectivity index (χ0n) is 19.5. The monoisotopic (exact) mass is 510 g/mol. The second kappa shape index (κ2) is 8.42. The molecule has 1 spiro atoms. The number of anilines is 2. The Hall–Kier alpha value is -3.76. The molecular weight excluding hydrogens is 488 g/mol. The van der Waals surface area contributed by atoms with Gasteiger partial charge >= 0.3 is 5.97 Å². The minimum absolute atomic E-state index is 0.0242. The topological polar surface area (TPSA) is 148 Å². The van der Waals surface area contributed by atoms with Crippen molar-refractivity contribution in [1.29, 1.82) is 0 Å². The third-order valence-electron chi connectivity index (χ3n) is 7.14. The number of rotatable bonds is 5. The summed E-state index contributed by atoms with van der Waals surface area (Å²) in [4.78, 5) is 65.0. The van der Waals surface area contributed by atoms with Gasteiger partial charge < -0.3 is 15.8 Å². The van der Waals surface area contributed by atoms with E-state index >= 15 is 0 Å². The van der Waals surface area contributed by atoms with Gasteiger partial charge in [0.1, 0.15) is 11.3 Å². The fourth-order valence-electron chi connectivity index (χ4n) is 5.62. The summed E-state index contributed by atoms with van der Waals surface area (Å²) in [6.07, 6.45) is 0.148. The van der Waals surface area contributed by atoms with Crippen molar-refractivity contribution in [3.05, 3.63) is 52.5 Å². The molecule has 0 radical (unpaired) electrons. The fraction of sp³-hybridized carbons (Fsp3) is 0.320. The van der Waals surface area contributed by atoms with E-state index in [1.54, 1.807) is 19.1 Å². The van der Waals surface area contributed by atoms with Gasteiger partial charge in [0.25, 0.3) is 0 Å². The average molecular weight is 511 g/mol. The van der Waals surface area contributed by atoms with Crippen LogP contribution >= 0.6 is 11.6 Å². The van der Waals surface area contributed by atoms with Crippen molar-refractivity contribution in [3.8, 4) is 5.75 Å². The first-order valence-electron chi connectivity index (χ1n) is 11.4. The lowest BCUT2D eigenvalue weighted by Crippen LogP contribution is -2.53. The highest BCUT2D eigenvalue weighted by atomic mass is 35.5. The fourth-order valence-corrected chi connectivity index (χ4v) is 5.78. The maximum Gasteiger partial charge on any atom is 0.308 e. The highest BCUT2D eigenvalue weighted by Crippen LogP contribution is 2.55. The van der Waals surface area contributed by atoms with Gasteiger partial charge in [-0.25, -0.2) is 4.90 Å². The summed E-state index contributed by atoms with van der Waals surface area (Å²) in [5.74, 6) is -4.26. The molecule has 186 valence electrons. The SMILES string of the molecule is CC(=O)Oc1ccc(N2C(=O)[C@@H]3[C@H](CCC(N)=O)N[C@@]4(C(=O)Nc5c4ccc(Cl)c5C)[C@@H]3C2=O)cc1. The Morgan fingerprint density at radius 2 is 1.81 bits per heavy atom. The predicted octanol–water partition coefficient (Wildman–Crippen LogP) is 1.76. The number of nitrogens with zero attached hydrogens (tertiary/aromatic N) is 1. The Balaban J connectivity index is 1.60. The predicted molar refractivity (Wildman–Crippen MR) is 129 cm³/mol. The highest BCUT2D eigenvalue weighted by molar-refractivity contribution is 6.32. The molecule has 2 fully saturated rings. The number of amides is 4. The number of carbonyl (C=O) groups is 5. The number of imide groups is 1. The van der Waals surface area contributed by atoms with Crippen LogP contribution in [0.4, 0.5) is 11.4 Å². The summed E-state index contributed by atoms with van der Waals surface area (Å²) >= 11 is 6.28. The van der Waals surface area contributed by atoms with Crippen LogP contribution in [-0.4, -0.2) is 35.6 Å². The van der Waals surface area contributed by atoms with Gasteiger partial charge in [0.15, 0.2) is 0 Å². The number of nitrogens with two attached hydrogens (primary N) is 1. The Kier molecular flexibility index (Phi) is 5.60. The molecule has 36 heavy (non-hydrogen) atoms. The molecule has 3 heterocycles. The van der Waals surface area contributed by atoms with Crippen LogP contribution in [-0.2, 0) is 29.5 Å². The van der Waals surface area contributed by atoms with Gasteiger partial charge in [-0.2, -0.15) is 0 Å². The van der Waals surface area contributed by atoms with E-state index in [1.165, 1.54) is 31.2 Å². The second-order valence-electron chi connectivity index (χ2n) is 9.22. The molecule has 0 aliphatic carbocycles. The van der Waals surface area contributed by atoms with E-state index in [4.69, 9.17) is 22.1 Å². The lowest BCUT2D eigenvalue weighted by atomic mass is 9.76. The molecule has 11 heteroatoms. The van der Waals surface area contributed by atoms with E-state index < -0.39 is 53.0 Å². The summed E-state index contributed by atoms with van der Waals surface area (Å²) in [6.45, 7) is 3.02. The van der Waals surface area contributed by atoms with Gasteiger partial charge in [-0.3, -0.25) is 29.3 Å². The molecule has 0 unspecified atom stereocenters. The number of primary amides is 1. The normalized spacial score (nSPS) is 26.2. The first kappa shape index (κ1) is 24.0. The molecule has 4 amide bonds. The van der Waals surface area contributed by atoms with Crippen LogP contribution in [0.25, 0.3) is 0 Å². The number of benzene rings is 2. The lowest BCUT2D eigenvalue weighted by molar-refractivity contribution is -0.132. The first-order chi connectivity index (χ1) is 17.1. The molecule has 5 rings (SSSR count). The number of nitrogens with one attached hydrogen (secondary N) is 2. The van der Waals surface area contributed by atoms with E-state index in [0.717, 1.165) is 4.90 Å². The van der Waals surface area contributed by atoms with Crippen LogP contribution in [0.15, 0.2) is 36.4 Å². The van der Waals surface area contributed by atoms with E-state index in [2.05, 4.69) is 10.6 Å². The molecule has 3 aliphatic heterocycles. The van der Waals surface area contributed by atoms with Crippen LogP contribution < -0.4 is 26.0 Å². The van der Waals surface area contributed by atoms with E-state index in [9.17, 15) is 24.0 Å². The maximum absolute atomic E-state index is 13.9. The molecular formula is C25H23ClN4O6. The van der Waals surface area contributed by atoms with Gasteiger partial charge in [0.05, 0.1) is 23.2 Å². The molecule has 2 saturated heterocycles. The summed E-state index contributed by atoms with van der Waals surface area (Å²) < 4.78 is 5.04. The molecule has 4 N–H and O–H groups in total. The largest absolute Gasteiger partial charge is 0.427 e. The van der Waals surface area contributed by atoms with Gasteiger partial charge in [-0.05, 0) is 49.2 Å². The molecule has 4 atom stereocenters. The number of esters is 1. The Morgan fingerprint density at radius 3 is 2.44 bits per heavy atom. The Labute approximate surface area is 211 Å². The molecule has 10 nitrogen and oxygen atoms in total. The molecule has 0 bridgehead atoms. The van der Waals surface area contributed by atoms with Crippen molar-refractivity contribution in [2.45, 2.75) is 38.3 Å². The summed E-state index contributed by atoms with van der Waals surface area (Å²) in [6, 6.07) is 8.63. The lowest BCUT2D eigenvalue weighted by Gasteiger charge is -2.29. The first-order valence-corrected chi connectivity index (χ1v) is 11.8. The summed E-state index contributed by atoms with van der Waals surface area (Å²) in [7, 11) is 0. The van der Waals surface area contributed by atoms with Crippen molar-refractivity contribution in [2.24, 2.45) is 17.6 Å². The highest BCUT2D eigenvalue weighted by Gasteiger charge is 2.70. The number of halogens is 1. The van der Waals surface area contributed by atoms with E-state index in [0.29, 0.717) is 21.8 Å². The number of fused-ring (bicyclic) bond motifs is 4. The molecule has 3 aliphatic rings. The van der Waals surface area contributed by atoms with Crippen LogP contribution in [0.3, 0.4) is 0 Å². The minimum atomic E-state index is -1.52. The van der Waals surface area contributed by atoms with Crippen LogP contribution in [0.2, 0.25) is 5.02 Å². The molecule has 0 saturated carbocycles. The van der Waals surface area contributed by atoms with E-state index in [1.807, 2.05) is 0 Å². The van der Waals surface area contributed by atoms with Gasteiger partial charge in [0.2, 0.25) is 23.6 Å². The van der Waals surface area contributed by atoms with Crippen molar-refractivity contribution >= 4 is 52.6 Å². The Morgan fingerprint density at radius 1 is 1.11 bits per heavy atom. The van der Waals surface area contributed by atoms with Crippen LogP contribution in [0.5, 0.6) is 5.75 Å². The van der Waals surface area contributed by atoms with Crippen molar-refractivity contribution < 1.29 is 28.7 Å². The molecule has 0 aromatic heterocycles. The number of hydrogen-bond acceptors (Lipinski definition) is 7. The van der Waals surface area contributed by atoms with Crippen LogP contribution in [0, 0.1) is 18.8 Å². The molecule has 2 aromatic rings. The van der Waals surface area contributed by atoms with Gasteiger partial charge in [-0.15, -0.1) is 0 Å². The standard InChI is InChI=1S/C25H23ClN4O6/c1-11-16(26)8-7-15-21(11)28-24(35)25(15)20-19(17(29-25)9-10-18(27)32)22(33)30(23(20)34)13-3-5-14(6-4-13)36-12(2)31/h3-8,17,19-20,29H,9-10H2,1-2H3,(H2,27,32)(H,28,35)/t17-,19+,20-,25+/m0/s1. The second-order valence-corrected chi connectivity index (χ2v) is 9.62. The van der Waals surface area contributed by atoms with Gasteiger partial charge in [0, 0.05) is 30.0 Å². The van der Waals surface area contributed by atoms with Crippen molar-refractivity contribution in [3.63, 3.8) is 0 Å². The zero-order chi connectivity index (χ0) is 25.9. The van der Waals surface area contributed by atoms with Crippen LogP contribution in [0.1, 0.15) is 30.9 Å². The van der Waals surface area contributed by atoms with Crippen molar-refractivity contribution in [1.82, 2.24) is 5.32 Å². The molecule has 2 aromatic carbocycles. The maximum atomic E-state index is 13.9. The summed E-state index contributed by atoms with van der Waals surface area (Å²) in [5.41, 5.74) is 5.80. The third-order valence-corrected chi connectivity index (χ3v) is 7.55. The third kappa shape index (κ3) is 3.40. The zero-order valence-corrected chi connectivity index (χ0v) is 20.2. The number of ether oxygens (including phenoxy) is 1. The minimum Gasteiger partial charge on any atom is -0.427 e. The average Bonchev–Trinajstić information content (AvgIpc) is 3.40. The van der Waals surface area contributed by atoms with E-state index in [-0.39, 0.29) is 24.3 Å². The van der Waals surface area contributed by atoms with Gasteiger partial charge in [-0.1, -0.05) is 17.7 Å². The smallest absolute Gasteiger partial charge is 0.308 e. The Bertz CT molecular complexity index is 1340. The quantitative estimate of drug-likeness (QED) is 0.315. The summed E-state index contributed by atoms with van der Waals surface area (Å²) in [5, 5.41) is 6.55. The van der Waals surface area contributed by atoms with Crippen molar-refractivity contribution in [2.75, 3.05) is 10.2 Å². The number of carbonyl (C=O) groups excluding carboxylic acids is 5.